The highest BCUT2D eigenvalue weighted by Crippen LogP contribution is 2.13. The molecule has 0 aliphatic carbocycles. The fourth-order valence-electron chi connectivity index (χ4n) is 1.36. The lowest BCUT2D eigenvalue weighted by atomic mass is 10.2. The highest BCUT2D eigenvalue weighted by atomic mass is 35.5. The van der Waals surface area contributed by atoms with E-state index >= 15 is 0 Å². The maximum Gasteiger partial charge on any atom is 0.230 e. The molecule has 0 bridgehead atoms. The first-order chi connectivity index (χ1) is 7.63. The minimum atomic E-state index is 0.135. The van der Waals surface area contributed by atoms with Crippen molar-refractivity contribution in [2.75, 3.05) is 18.5 Å². The van der Waals surface area contributed by atoms with E-state index in [2.05, 4.69) is 21.9 Å². The second-order valence-corrected chi connectivity index (χ2v) is 4.33. The van der Waals surface area contributed by atoms with E-state index in [9.17, 15) is 0 Å². The van der Waals surface area contributed by atoms with Crippen LogP contribution in [-0.4, -0.2) is 28.5 Å². The third kappa shape index (κ3) is 4.49. The molecule has 0 aliphatic heterocycles. The maximum absolute atomic E-state index is 5.70. The minimum Gasteiger partial charge on any atom is -0.344 e. The van der Waals surface area contributed by atoms with Crippen LogP contribution >= 0.6 is 23.2 Å². The Morgan fingerprint density at radius 2 is 1.62 bits per heavy atom. The van der Waals surface area contributed by atoms with Gasteiger partial charge >= 0.3 is 0 Å². The molecule has 0 amide bonds. The van der Waals surface area contributed by atoms with E-state index in [1.165, 1.54) is 19.3 Å². The summed E-state index contributed by atoms with van der Waals surface area (Å²) < 4.78 is 0. The number of nitrogens with zero attached hydrogens (tertiary/aromatic N) is 4. The van der Waals surface area contributed by atoms with Gasteiger partial charge in [0.15, 0.2) is 0 Å². The van der Waals surface area contributed by atoms with Crippen molar-refractivity contribution in [3.05, 3.63) is 10.6 Å². The lowest BCUT2D eigenvalue weighted by Gasteiger charge is -2.16. The van der Waals surface area contributed by atoms with Gasteiger partial charge in [0.1, 0.15) is 0 Å². The van der Waals surface area contributed by atoms with Crippen LogP contribution in [0.4, 0.5) is 5.95 Å². The van der Waals surface area contributed by atoms with Crippen LogP contribution in [0.15, 0.2) is 0 Å². The lowest BCUT2D eigenvalue weighted by molar-refractivity contribution is 0.655. The number of unbranched alkanes of at least 4 members (excludes halogenated alkanes) is 3. The summed E-state index contributed by atoms with van der Waals surface area (Å²) in [7, 11) is 1.92. The number of hydrogen-bond donors (Lipinski definition) is 0. The average molecular weight is 263 g/mol. The molecule has 0 unspecified atom stereocenters. The van der Waals surface area contributed by atoms with Crippen LogP contribution in [0.5, 0.6) is 0 Å². The largest absolute Gasteiger partial charge is 0.344 e. The van der Waals surface area contributed by atoms with Gasteiger partial charge in [0.2, 0.25) is 16.5 Å². The van der Waals surface area contributed by atoms with Gasteiger partial charge in [0.25, 0.3) is 0 Å². The normalized spacial score (nSPS) is 10.5. The van der Waals surface area contributed by atoms with E-state index in [-0.39, 0.29) is 10.6 Å². The van der Waals surface area contributed by atoms with Gasteiger partial charge in [-0.05, 0) is 29.6 Å². The highest BCUT2D eigenvalue weighted by molar-refractivity contribution is 6.31. The van der Waals surface area contributed by atoms with Crippen molar-refractivity contribution in [2.45, 2.75) is 32.6 Å². The molecule has 4 nitrogen and oxygen atoms in total. The van der Waals surface area contributed by atoms with Crippen LogP contribution in [0.3, 0.4) is 0 Å². The van der Waals surface area contributed by atoms with Crippen molar-refractivity contribution in [3.63, 3.8) is 0 Å². The molecule has 0 atom stereocenters. The molecule has 0 spiro atoms. The first kappa shape index (κ1) is 13.5. The van der Waals surface area contributed by atoms with Crippen LogP contribution in [-0.2, 0) is 0 Å². The third-order valence-electron chi connectivity index (χ3n) is 2.26. The Bertz CT molecular complexity index is 312. The van der Waals surface area contributed by atoms with Crippen molar-refractivity contribution >= 4 is 29.2 Å². The fraction of sp³-hybridized carbons (Fsp3) is 0.700. The molecule has 0 fully saturated rings. The zero-order valence-electron chi connectivity index (χ0n) is 9.58. The second-order valence-electron chi connectivity index (χ2n) is 3.66. The molecule has 0 saturated heterocycles. The Hall–Kier alpha value is -0.610. The van der Waals surface area contributed by atoms with Gasteiger partial charge in [0.05, 0.1) is 0 Å². The Morgan fingerprint density at radius 1 is 1.00 bits per heavy atom. The quantitative estimate of drug-likeness (QED) is 0.739. The molecule has 0 aromatic carbocycles. The summed E-state index contributed by atoms with van der Waals surface area (Å²) in [5, 5.41) is 0.269. The SMILES string of the molecule is CCCCCCN(C)c1nc(Cl)nc(Cl)n1. The van der Waals surface area contributed by atoms with Gasteiger partial charge in [-0.15, -0.1) is 0 Å². The Labute approximate surface area is 106 Å². The second kappa shape index (κ2) is 6.86. The van der Waals surface area contributed by atoms with Gasteiger partial charge in [0, 0.05) is 13.6 Å². The van der Waals surface area contributed by atoms with Gasteiger partial charge < -0.3 is 4.90 Å². The molecule has 90 valence electrons. The first-order valence-electron chi connectivity index (χ1n) is 5.41. The molecule has 1 heterocycles. The van der Waals surface area contributed by atoms with Gasteiger partial charge in [-0.3, -0.25) is 0 Å². The summed E-state index contributed by atoms with van der Waals surface area (Å²) in [6, 6.07) is 0. The smallest absolute Gasteiger partial charge is 0.230 e. The van der Waals surface area contributed by atoms with Gasteiger partial charge in [-0.25, -0.2) is 0 Å². The molecule has 0 aliphatic rings. The van der Waals surface area contributed by atoms with E-state index < -0.39 is 0 Å². The average Bonchev–Trinajstić information content (AvgIpc) is 2.22. The zero-order valence-corrected chi connectivity index (χ0v) is 11.1. The summed E-state index contributed by atoms with van der Waals surface area (Å²) in [5.74, 6) is 0.529. The topological polar surface area (TPSA) is 41.9 Å². The van der Waals surface area contributed by atoms with Crippen LogP contribution in [0.1, 0.15) is 32.6 Å². The summed E-state index contributed by atoms with van der Waals surface area (Å²) in [6.45, 7) is 3.09. The number of rotatable bonds is 6. The monoisotopic (exact) mass is 262 g/mol. The van der Waals surface area contributed by atoms with Crippen molar-refractivity contribution in [3.8, 4) is 0 Å². The van der Waals surface area contributed by atoms with Gasteiger partial charge in [-0.1, -0.05) is 26.2 Å². The van der Waals surface area contributed by atoms with Crippen molar-refractivity contribution < 1.29 is 0 Å². The Morgan fingerprint density at radius 3 is 2.19 bits per heavy atom. The minimum absolute atomic E-state index is 0.135. The van der Waals surface area contributed by atoms with Crippen LogP contribution in [0.25, 0.3) is 0 Å². The lowest BCUT2D eigenvalue weighted by Crippen LogP contribution is -2.21. The molecule has 0 saturated carbocycles. The Kier molecular flexibility index (Phi) is 5.77. The van der Waals surface area contributed by atoms with E-state index in [1.54, 1.807) is 0 Å². The third-order valence-corrected chi connectivity index (χ3v) is 2.60. The standard InChI is InChI=1S/C10H16Cl2N4/c1-3-4-5-6-7-16(2)10-14-8(11)13-9(12)15-10/h3-7H2,1-2H3. The predicted octanol–water partition coefficient (Wildman–Crippen LogP) is 3.19. The highest BCUT2D eigenvalue weighted by Gasteiger charge is 2.07. The maximum atomic E-state index is 5.70. The molecule has 1 aromatic heterocycles. The molecule has 0 N–H and O–H groups in total. The first-order valence-corrected chi connectivity index (χ1v) is 6.17. The predicted molar refractivity (Wildman–Crippen MR) is 67.3 cm³/mol. The number of hydrogen-bond acceptors (Lipinski definition) is 4. The van der Waals surface area contributed by atoms with Crippen molar-refractivity contribution in [1.82, 2.24) is 15.0 Å². The van der Waals surface area contributed by atoms with Crippen LogP contribution < -0.4 is 4.90 Å². The molecular formula is C10H16Cl2N4. The zero-order chi connectivity index (χ0) is 12.0. The van der Waals surface area contributed by atoms with E-state index in [0.29, 0.717) is 5.95 Å². The molecular weight excluding hydrogens is 247 g/mol. The van der Waals surface area contributed by atoms with Crippen LogP contribution in [0.2, 0.25) is 10.6 Å². The number of anilines is 1. The summed E-state index contributed by atoms with van der Waals surface area (Å²) in [5.41, 5.74) is 0. The summed E-state index contributed by atoms with van der Waals surface area (Å²) in [4.78, 5) is 13.7. The molecule has 6 heteroatoms. The van der Waals surface area contributed by atoms with E-state index in [1.807, 2.05) is 11.9 Å². The van der Waals surface area contributed by atoms with Gasteiger partial charge in [-0.2, -0.15) is 15.0 Å². The molecule has 1 rings (SSSR count). The van der Waals surface area contributed by atoms with Crippen LogP contribution in [0, 0.1) is 0 Å². The molecule has 1 aromatic rings. The van der Waals surface area contributed by atoms with Crippen molar-refractivity contribution in [1.29, 1.82) is 0 Å². The van der Waals surface area contributed by atoms with Crippen molar-refractivity contribution in [2.24, 2.45) is 0 Å². The molecule has 16 heavy (non-hydrogen) atoms. The van der Waals surface area contributed by atoms with E-state index in [4.69, 9.17) is 23.2 Å². The summed E-state index contributed by atoms with van der Waals surface area (Å²) >= 11 is 11.4. The fourth-order valence-corrected chi connectivity index (χ4v) is 1.72. The number of aromatic nitrogens is 3. The number of halogens is 2. The Balaban J connectivity index is 2.48. The van der Waals surface area contributed by atoms with E-state index in [0.717, 1.165) is 13.0 Å². The summed E-state index contributed by atoms with van der Waals surface area (Å²) in [6.07, 6.45) is 4.82. The molecule has 0 radical (unpaired) electrons.